The van der Waals surface area contributed by atoms with E-state index in [1.54, 1.807) is 11.8 Å². The highest BCUT2D eigenvalue weighted by molar-refractivity contribution is 6.01. The van der Waals surface area contributed by atoms with E-state index in [9.17, 15) is 13.2 Å². The van der Waals surface area contributed by atoms with Gasteiger partial charge in [-0.3, -0.25) is 0 Å². The second-order valence-electron chi connectivity index (χ2n) is 4.13. The molecule has 8 heteroatoms. The maximum atomic E-state index is 12.7. The lowest BCUT2D eigenvalue weighted by Gasteiger charge is -2.24. The highest BCUT2D eigenvalue weighted by atomic mass is 19.4. The van der Waals surface area contributed by atoms with Crippen LogP contribution in [0.5, 0.6) is 0 Å². The molecule has 0 saturated heterocycles. The molecule has 1 aromatic heterocycles. The Morgan fingerprint density at radius 3 is 2.50 bits per heavy atom. The van der Waals surface area contributed by atoms with Crippen LogP contribution < -0.4 is 10.6 Å². The van der Waals surface area contributed by atoms with E-state index >= 15 is 0 Å². The predicted octanol–water partition coefficient (Wildman–Crippen LogP) is 2.43. The van der Waals surface area contributed by atoms with E-state index in [-0.39, 0.29) is 17.2 Å². The summed E-state index contributed by atoms with van der Waals surface area (Å²) in [6, 6.07) is 1.98. The number of amidine groups is 1. The Morgan fingerprint density at radius 1 is 1.40 bits per heavy atom. The monoisotopic (exact) mass is 290 g/mol. The van der Waals surface area contributed by atoms with Crippen LogP contribution >= 0.6 is 0 Å². The number of anilines is 1. The Hall–Kier alpha value is -1.99. The van der Waals surface area contributed by atoms with Crippen LogP contribution in [0.25, 0.3) is 0 Å². The molecule has 0 atom stereocenters. The van der Waals surface area contributed by atoms with Gasteiger partial charge in [0.15, 0.2) is 5.84 Å². The number of halogens is 3. The molecular weight excluding hydrogens is 273 g/mol. The van der Waals surface area contributed by atoms with Crippen molar-refractivity contribution >= 4 is 11.7 Å². The molecule has 5 nitrogen and oxygen atoms in total. The molecule has 20 heavy (non-hydrogen) atoms. The highest BCUT2D eigenvalue weighted by Gasteiger charge is 2.33. The van der Waals surface area contributed by atoms with Crippen molar-refractivity contribution in [3.05, 3.63) is 23.4 Å². The Labute approximate surface area is 114 Å². The zero-order chi connectivity index (χ0) is 15.3. The molecule has 0 radical (unpaired) electrons. The number of hydrogen-bond donors (Lipinski definition) is 2. The first kappa shape index (κ1) is 16.1. The summed E-state index contributed by atoms with van der Waals surface area (Å²) in [4.78, 5) is 5.29. The van der Waals surface area contributed by atoms with Crippen LogP contribution in [0, 0.1) is 0 Å². The zero-order valence-corrected chi connectivity index (χ0v) is 11.3. The van der Waals surface area contributed by atoms with Crippen LogP contribution in [0.15, 0.2) is 17.3 Å². The van der Waals surface area contributed by atoms with Crippen LogP contribution in [-0.4, -0.2) is 29.1 Å². The summed E-state index contributed by atoms with van der Waals surface area (Å²) < 4.78 is 38.2. The topological polar surface area (TPSA) is 74.7 Å². The van der Waals surface area contributed by atoms with Crippen molar-refractivity contribution in [1.82, 2.24) is 4.98 Å². The minimum absolute atomic E-state index is 0.0690. The molecule has 0 fully saturated rings. The number of alkyl halides is 3. The largest absolute Gasteiger partial charge is 0.433 e. The smallest absolute Gasteiger partial charge is 0.409 e. The highest BCUT2D eigenvalue weighted by Crippen LogP contribution is 2.30. The fraction of sp³-hybridized carbons (Fsp3) is 0.500. The molecule has 1 rings (SSSR count). The zero-order valence-electron chi connectivity index (χ0n) is 11.3. The molecule has 0 aromatic carbocycles. The number of oxime groups is 1. The predicted molar refractivity (Wildman–Crippen MR) is 69.9 cm³/mol. The summed E-state index contributed by atoms with van der Waals surface area (Å²) in [7, 11) is 0. The first-order valence-electron chi connectivity index (χ1n) is 6.16. The Morgan fingerprint density at radius 2 is 2.05 bits per heavy atom. The molecule has 0 spiro atoms. The van der Waals surface area contributed by atoms with E-state index in [0.717, 1.165) is 12.5 Å². The summed E-state index contributed by atoms with van der Waals surface area (Å²) in [6.45, 7) is 4.69. The number of rotatable bonds is 5. The van der Waals surface area contributed by atoms with Gasteiger partial charge in [0.25, 0.3) is 0 Å². The van der Waals surface area contributed by atoms with Crippen molar-refractivity contribution in [3.63, 3.8) is 0 Å². The van der Waals surface area contributed by atoms with Gasteiger partial charge in [-0.1, -0.05) is 12.1 Å². The van der Waals surface area contributed by atoms with Gasteiger partial charge in [-0.2, -0.15) is 13.2 Å². The summed E-state index contributed by atoms with van der Waals surface area (Å²) in [5.41, 5.74) is 4.67. The molecule has 1 aromatic rings. The summed E-state index contributed by atoms with van der Waals surface area (Å²) in [5, 5.41) is 11.6. The lowest BCUT2D eigenvalue weighted by molar-refractivity contribution is -0.141. The van der Waals surface area contributed by atoms with Crippen LogP contribution in [-0.2, 0) is 6.18 Å². The van der Waals surface area contributed by atoms with Crippen LogP contribution in [0.3, 0.4) is 0 Å². The van der Waals surface area contributed by atoms with Gasteiger partial charge in [-0.05, 0) is 25.5 Å². The van der Waals surface area contributed by atoms with Crippen LogP contribution in [0.1, 0.15) is 31.5 Å². The molecule has 3 N–H and O–H groups in total. The molecule has 0 aliphatic carbocycles. The molecular formula is C12H17F3N4O. The molecule has 112 valence electrons. The quantitative estimate of drug-likeness (QED) is 0.378. The fourth-order valence-electron chi connectivity index (χ4n) is 1.78. The van der Waals surface area contributed by atoms with Gasteiger partial charge in [0.1, 0.15) is 11.5 Å². The van der Waals surface area contributed by atoms with E-state index in [2.05, 4.69) is 10.1 Å². The van der Waals surface area contributed by atoms with Crippen molar-refractivity contribution in [3.8, 4) is 0 Å². The van der Waals surface area contributed by atoms with Crippen molar-refractivity contribution in [1.29, 1.82) is 0 Å². The third-order valence-electron chi connectivity index (χ3n) is 2.72. The second kappa shape index (κ2) is 6.44. The fourth-order valence-corrected chi connectivity index (χ4v) is 1.78. The van der Waals surface area contributed by atoms with Crippen LogP contribution in [0.2, 0.25) is 0 Å². The Kier molecular flexibility index (Phi) is 5.18. The van der Waals surface area contributed by atoms with E-state index in [0.29, 0.717) is 13.1 Å². The number of aromatic nitrogens is 1. The van der Waals surface area contributed by atoms with Gasteiger partial charge in [-0.25, -0.2) is 4.98 Å². The second-order valence-corrected chi connectivity index (χ2v) is 4.13. The van der Waals surface area contributed by atoms with Crippen molar-refractivity contribution < 1.29 is 18.4 Å². The van der Waals surface area contributed by atoms with Gasteiger partial charge >= 0.3 is 6.18 Å². The SMILES string of the molecule is CCCN(CC)c1nc(C(F)(F)F)ccc1C(N)=NO. The van der Waals surface area contributed by atoms with Gasteiger partial charge in [0, 0.05) is 13.1 Å². The normalized spacial score (nSPS) is 12.6. The molecule has 0 amide bonds. The third-order valence-corrected chi connectivity index (χ3v) is 2.72. The van der Waals surface area contributed by atoms with Crippen molar-refractivity contribution in [2.45, 2.75) is 26.4 Å². The standard InChI is InChI=1S/C12H17F3N4O/c1-3-7-19(4-2)11-8(10(16)18-20)5-6-9(17-11)12(13,14)15/h5-6,20H,3-4,7H2,1-2H3,(H2,16,18). The average molecular weight is 290 g/mol. The van der Waals surface area contributed by atoms with Crippen LogP contribution in [0.4, 0.5) is 19.0 Å². The van der Waals surface area contributed by atoms with Gasteiger partial charge in [-0.15, -0.1) is 0 Å². The molecule has 0 aliphatic rings. The Balaban J connectivity index is 3.40. The van der Waals surface area contributed by atoms with E-state index in [1.165, 1.54) is 6.07 Å². The molecule has 0 unspecified atom stereocenters. The number of nitrogens with two attached hydrogens (primary N) is 1. The van der Waals surface area contributed by atoms with Crippen molar-refractivity contribution in [2.24, 2.45) is 10.9 Å². The summed E-state index contributed by atoms with van der Waals surface area (Å²) in [5.74, 6) is -0.199. The van der Waals surface area contributed by atoms with Gasteiger partial charge in [0.2, 0.25) is 0 Å². The summed E-state index contributed by atoms with van der Waals surface area (Å²) >= 11 is 0. The Bertz CT molecular complexity index is 488. The number of hydrogen-bond acceptors (Lipinski definition) is 4. The molecule has 0 bridgehead atoms. The number of pyridine rings is 1. The summed E-state index contributed by atoms with van der Waals surface area (Å²) in [6.07, 6.45) is -3.80. The van der Waals surface area contributed by atoms with Gasteiger partial charge in [0.05, 0.1) is 5.56 Å². The average Bonchev–Trinajstić information content (AvgIpc) is 2.42. The molecule has 0 aliphatic heterocycles. The van der Waals surface area contributed by atoms with E-state index in [4.69, 9.17) is 10.9 Å². The van der Waals surface area contributed by atoms with Crippen molar-refractivity contribution in [2.75, 3.05) is 18.0 Å². The number of nitrogens with zero attached hydrogens (tertiary/aromatic N) is 3. The molecule has 1 heterocycles. The lowest BCUT2D eigenvalue weighted by atomic mass is 10.2. The third kappa shape index (κ3) is 3.52. The maximum Gasteiger partial charge on any atom is 0.433 e. The maximum absolute atomic E-state index is 12.7. The van der Waals surface area contributed by atoms with E-state index < -0.39 is 11.9 Å². The minimum Gasteiger partial charge on any atom is -0.409 e. The van der Waals surface area contributed by atoms with Gasteiger partial charge < -0.3 is 15.8 Å². The minimum atomic E-state index is -4.54. The first-order valence-corrected chi connectivity index (χ1v) is 6.16. The van der Waals surface area contributed by atoms with E-state index in [1.807, 2.05) is 6.92 Å². The molecule has 0 saturated carbocycles. The first-order chi connectivity index (χ1) is 9.35. The lowest BCUT2D eigenvalue weighted by Crippen LogP contribution is -2.29.